The molecule has 20 heavy (non-hydrogen) atoms. The van der Waals surface area contributed by atoms with Crippen LogP contribution in [0.15, 0.2) is 33.4 Å². The van der Waals surface area contributed by atoms with Crippen molar-refractivity contribution in [1.82, 2.24) is 0 Å². The van der Waals surface area contributed by atoms with Crippen LogP contribution in [0.3, 0.4) is 0 Å². The van der Waals surface area contributed by atoms with Gasteiger partial charge in [-0.1, -0.05) is 0 Å². The van der Waals surface area contributed by atoms with Gasteiger partial charge in [0.05, 0.1) is 32.9 Å². The minimum atomic E-state index is -0.503. The standard InChI is InChI=1S/C14H16BrNO4/c1-17-8-6-10(18-2)13(11(7-8)19-3)14(16)9-4-5-12(15)20-9/h4-7,14H,16H2,1-3H3. The van der Waals surface area contributed by atoms with E-state index >= 15 is 0 Å². The van der Waals surface area contributed by atoms with Crippen LogP contribution >= 0.6 is 15.9 Å². The van der Waals surface area contributed by atoms with Crippen LogP contribution < -0.4 is 19.9 Å². The Morgan fingerprint density at radius 1 is 1.05 bits per heavy atom. The van der Waals surface area contributed by atoms with Gasteiger partial charge in [-0.3, -0.25) is 0 Å². The lowest BCUT2D eigenvalue weighted by Crippen LogP contribution is -2.14. The summed E-state index contributed by atoms with van der Waals surface area (Å²) in [5, 5.41) is 0. The quantitative estimate of drug-likeness (QED) is 0.904. The molecule has 0 radical (unpaired) electrons. The van der Waals surface area contributed by atoms with Gasteiger partial charge in [0.2, 0.25) is 0 Å². The van der Waals surface area contributed by atoms with E-state index in [-0.39, 0.29) is 0 Å². The second-order valence-electron chi connectivity index (χ2n) is 4.07. The molecule has 6 heteroatoms. The van der Waals surface area contributed by atoms with Crippen LogP contribution in [-0.4, -0.2) is 21.3 Å². The van der Waals surface area contributed by atoms with Crippen molar-refractivity contribution in [1.29, 1.82) is 0 Å². The first-order valence-corrected chi connectivity index (χ1v) is 6.70. The molecular formula is C14H16BrNO4. The third-order valence-electron chi connectivity index (χ3n) is 2.96. The largest absolute Gasteiger partial charge is 0.496 e. The molecule has 1 unspecified atom stereocenters. The Bertz CT molecular complexity index is 572. The molecule has 1 heterocycles. The van der Waals surface area contributed by atoms with Crippen molar-refractivity contribution in [3.63, 3.8) is 0 Å². The highest BCUT2D eigenvalue weighted by Gasteiger charge is 2.23. The molecule has 0 bridgehead atoms. The number of methoxy groups -OCH3 is 3. The van der Waals surface area contributed by atoms with Crippen molar-refractivity contribution in [3.8, 4) is 17.2 Å². The predicted molar refractivity (Wildman–Crippen MR) is 78.5 cm³/mol. The topological polar surface area (TPSA) is 66.9 Å². The summed E-state index contributed by atoms with van der Waals surface area (Å²) in [7, 11) is 4.72. The zero-order valence-corrected chi connectivity index (χ0v) is 13.1. The smallest absolute Gasteiger partial charge is 0.169 e. The fourth-order valence-electron chi connectivity index (χ4n) is 1.98. The molecule has 2 N–H and O–H groups in total. The van der Waals surface area contributed by atoms with E-state index in [1.54, 1.807) is 45.6 Å². The summed E-state index contributed by atoms with van der Waals surface area (Å²) in [6.45, 7) is 0. The molecule has 0 aliphatic heterocycles. The molecule has 0 amide bonds. The maximum absolute atomic E-state index is 6.26. The summed E-state index contributed by atoms with van der Waals surface area (Å²) in [6.07, 6.45) is 0. The van der Waals surface area contributed by atoms with Gasteiger partial charge in [0.15, 0.2) is 4.67 Å². The Labute approximate surface area is 125 Å². The SMILES string of the molecule is COc1cc(OC)c(C(N)c2ccc(Br)o2)c(OC)c1. The average Bonchev–Trinajstić information content (AvgIpc) is 2.91. The summed E-state index contributed by atoms with van der Waals surface area (Å²) in [4.78, 5) is 0. The summed E-state index contributed by atoms with van der Waals surface area (Å²) in [5.74, 6) is 2.41. The van der Waals surface area contributed by atoms with Crippen molar-refractivity contribution in [2.24, 2.45) is 5.73 Å². The van der Waals surface area contributed by atoms with Gasteiger partial charge in [-0.25, -0.2) is 0 Å². The Morgan fingerprint density at radius 2 is 1.65 bits per heavy atom. The molecule has 0 saturated heterocycles. The van der Waals surface area contributed by atoms with Crippen molar-refractivity contribution < 1.29 is 18.6 Å². The third kappa shape index (κ3) is 2.76. The third-order valence-corrected chi connectivity index (χ3v) is 3.39. The van der Waals surface area contributed by atoms with Crippen LogP contribution in [0.1, 0.15) is 17.4 Å². The van der Waals surface area contributed by atoms with E-state index in [1.165, 1.54) is 0 Å². The number of nitrogens with two attached hydrogens (primary N) is 1. The lowest BCUT2D eigenvalue weighted by molar-refractivity contribution is 0.362. The van der Waals surface area contributed by atoms with E-state index in [2.05, 4.69) is 15.9 Å². The van der Waals surface area contributed by atoms with E-state index in [4.69, 9.17) is 24.4 Å². The van der Waals surface area contributed by atoms with Gasteiger partial charge >= 0.3 is 0 Å². The first-order valence-electron chi connectivity index (χ1n) is 5.91. The number of hydrogen-bond donors (Lipinski definition) is 1. The predicted octanol–water partition coefficient (Wildman–Crippen LogP) is 3.12. The Hall–Kier alpha value is -1.66. The molecule has 0 aliphatic rings. The molecule has 1 atom stereocenters. The van der Waals surface area contributed by atoms with Gasteiger partial charge in [-0.2, -0.15) is 0 Å². The summed E-state index contributed by atoms with van der Waals surface area (Å²) in [5.41, 5.74) is 6.96. The summed E-state index contributed by atoms with van der Waals surface area (Å²) < 4.78 is 22.1. The normalized spacial score (nSPS) is 12.1. The maximum Gasteiger partial charge on any atom is 0.169 e. The van der Waals surface area contributed by atoms with Gasteiger partial charge < -0.3 is 24.4 Å². The molecule has 2 rings (SSSR count). The number of hydrogen-bond acceptors (Lipinski definition) is 5. The maximum atomic E-state index is 6.26. The second-order valence-corrected chi connectivity index (χ2v) is 4.85. The van der Waals surface area contributed by atoms with E-state index in [0.717, 1.165) is 0 Å². The van der Waals surface area contributed by atoms with E-state index in [1.807, 2.05) is 0 Å². The number of ether oxygens (including phenoxy) is 3. The Morgan fingerprint density at radius 3 is 2.05 bits per heavy atom. The number of benzene rings is 1. The fraction of sp³-hybridized carbons (Fsp3) is 0.286. The monoisotopic (exact) mass is 341 g/mol. The van der Waals surface area contributed by atoms with Crippen LogP contribution in [0.25, 0.3) is 0 Å². The van der Waals surface area contributed by atoms with Crippen LogP contribution in [0.4, 0.5) is 0 Å². The lowest BCUT2D eigenvalue weighted by atomic mass is 10.0. The van der Waals surface area contributed by atoms with Gasteiger partial charge in [0.25, 0.3) is 0 Å². The van der Waals surface area contributed by atoms with Crippen molar-refractivity contribution in [2.45, 2.75) is 6.04 Å². The molecule has 1 aromatic heterocycles. The van der Waals surface area contributed by atoms with Crippen LogP contribution in [-0.2, 0) is 0 Å². The molecule has 2 aromatic rings. The van der Waals surface area contributed by atoms with Crippen molar-refractivity contribution in [2.75, 3.05) is 21.3 Å². The Balaban J connectivity index is 2.53. The molecule has 5 nitrogen and oxygen atoms in total. The van der Waals surface area contributed by atoms with Gasteiger partial charge in [0.1, 0.15) is 23.0 Å². The van der Waals surface area contributed by atoms with Gasteiger partial charge in [-0.05, 0) is 28.1 Å². The Kier molecular flexibility index (Phi) is 4.57. The van der Waals surface area contributed by atoms with Crippen LogP contribution in [0.5, 0.6) is 17.2 Å². The minimum absolute atomic E-state index is 0.503. The fourth-order valence-corrected chi connectivity index (χ4v) is 2.30. The lowest BCUT2D eigenvalue weighted by Gasteiger charge is -2.18. The summed E-state index contributed by atoms with van der Waals surface area (Å²) >= 11 is 3.26. The molecule has 1 aromatic carbocycles. The zero-order chi connectivity index (χ0) is 14.7. The number of halogens is 1. The van der Waals surface area contributed by atoms with Gasteiger partial charge in [-0.15, -0.1) is 0 Å². The highest BCUT2D eigenvalue weighted by Crippen LogP contribution is 2.40. The highest BCUT2D eigenvalue weighted by molar-refractivity contribution is 9.10. The molecule has 0 aliphatic carbocycles. The molecular weight excluding hydrogens is 326 g/mol. The first-order chi connectivity index (χ1) is 9.60. The number of rotatable bonds is 5. The zero-order valence-electron chi connectivity index (χ0n) is 11.5. The van der Waals surface area contributed by atoms with E-state index in [0.29, 0.717) is 33.2 Å². The summed E-state index contributed by atoms with van der Waals surface area (Å²) in [6, 6.07) is 6.61. The minimum Gasteiger partial charge on any atom is -0.496 e. The highest BCUT2D eigenvalue weighted by atomic mass is 79.9. The molecule has 108 valence electrons. The molecule has 0 saturated carbocycles. The molecule has 0 fully saturated rings. The van der Waals surface area contributed by atoms with E-state index in [9.17, 15) is 0 Å². The van der Waals surface area contributed by atoms with Crippen LogP contribution in [0, 0.1) is 0 Å². The number of furan rings is 1. The van der Waals surface area contributed by atoms with Crippen LogP contribution in [0.2, 0.25) is 0 Å². The van der Waals surface area contributed by atoms with Gasteiger partial charge in [0, 0.05) is 12.1 Å². The molecule has 0 spiro atoms. The first kappa shape index (κ1) is 14.7. The second kappa shape index (κ2) is 6.19. The van der Waals surface area contributed by atoms with Crippen molar-refractivity contribution in [3.05, 3.63) is 40.3 Å². The van der Waals surface area contributed by atoms with E-state index < -0.39 is 6.04 Å². The average molecular weight is 342 g/mol. The van der Waals surface area contributed by atoms with Crippen molar-refractivity contribution >= 4 is 15.9 Å².